The Balaban J connectivity index is 2.04. The number of hydrogen-bond donors (Lipinski definition) is 1. The van der Waals surface area contributed by atoms with Gasteiger partial charge in [0.1, 0.15) is 25.2 Å². The zero-order valence-electron chi connectivity index (χ0n) is 11.5. The molecule has 0 fully saturated rings. The third-order valence-corrected chi connectivity index (χ3v) is 2.84. The zero-order valence-corrected chi connectivity index (χ0v) is 11.5. The van der Waals surface area contributed by atoms with E-state index < -0.39 is 0 Å². The average Bonchev–Trinajstić information content (AvgIpc) is 2.53. The molecule has 20 heavy (non-hydrogen) atoms. The van der Waals surface area contributed by atoms with Gasteiger partial charge in [-0.3, -0.25) is 0 Å². The second kappa shape index (κ2) is 7.31. The lowest BCUT2D eigenvalue weighted by molar-refractivity contribution is 0.210. The van der Waals surface area contributed by atoms with Crippen LogP contribution in [-0.2, 0) is 11.4 Å². The molecule has 104 valence electrons. The van der Waals surface area contributed by atoms with Crippen LogP contribution in [0.2, 0.25) is 0 Å². The van der Waals surface area contributed by atoms with Gasteiger partial charge in [-0.15, -0.1) is 0 Å². The van der Waals surface area contributed by atoms with E-state index in [-0.39, 0.29) is 0 Å². The van der Waals surface area contributed by atoms with Gasteiger partial charge in [0.25, 0.3) is 0 Å². The summed E-state index contributed by atoms with van der Waals surface area (Å²) in [6, 6.07) is 17.5. The molecule has 0 atom stereocenters. The number of hydrogen-bond acceptors (Lipinski definition) is 4. The van der Waals surface area contributed by atoms with Crippen molar-refractivity contribution in [2.24, 2.45) is 10.9 Å². The Labute approximate surface area is 118 Å². The molecule has 0 radical (unpaired) electrons. The van der Waals surface area contributed by atoms with Crippen LogP contribution in [0.15, 0.2) is 59.8 Å². The molecule has 2 aromatic carbocycles. The van der Waals surface area contributed by atoms with Crippen LogP contribution in [0.5, 0.6) is 5.75 Å². The number of nitrogens with two attached hydrogens (primary N) is 1. The topological polar surface area (TPSA) is 56.8 Å². The summed E-state index contributed by atoms with van der Waals surface area (Å²) < 4.78 is 5.72. The summed E-state index contributed by atoms with van der Waals surface area (Å²) in [5, 5.41) is 4.01. The van der Waals surface area contributed by atoms with Crippen LogP contribution >= 0.6 is 0 Å². The van der Waals surface area contributed by atoms with Crippen LogP contribution in [0.25, 0.3) is 0 Å². The van der Waals surface area contributed by atoms with E-state index in [0.29, 0.717) is 13.2 Å². The standard InChI is InChI=1S/C16H18N2O2/c1-19-18-16(14-5-3-2-4-6-14)12-20-15-9-7-13(11-17)8-10-15/h2-10H,11-12,17H2,1H3/b18-16-. The maximum atomic E-state index is 5.72. The first-order valence-electron chi connectivity index (χ1n) is 6.40. The molecule has 0 spiro atoms. The number of rotatable bonds is 6. The third-order valence-electron chi connectivity index (χ3n) is 2.84. The van der Waals surface area contributed by atoms with Crippen LogP contribution in [-0.4, -0.2) is 19.4 Å². The van der Waals surface area contributed by atoms with Crippen molar-refractivity contribution in [3.8, 4) is 5.75 Å². The van der Waals surface area contributed by atoms with Gasteiger partial charge >= 0.3 is 0 Å². The minimum atomic E-state index is 0.347. The van der Waals surface area contributed by atoms with E-state index in [4.69, 9.17) is 15.3 Å². The summed E-state index contributed by atoms with van der Waals surface area (Å²) in [4.78, 5) is 4.87. The quantitative estimate of drug-likeness (QED) is 0.648. The van der Waals surface area contributed by atoms with Crippen molar-refractivity contribution in [1.29, 1.82) is 0 Å². The highest BCUT2D eigenvalue weighted by molar-refractivity contribution is 6.01. The van der Waals surface area contributed by atoms with Crippen LogP contribution < -0.4 is 10.5 Å². The van der Waals surface area contributed by atoms with Crippen molar-refractivity contribution in [2.45, 2.75) is 6.54 Å². The maximum absolute atomic E-state index is 5.72. The first-order chi connectivity index (χ1) is 9.83. The molecule has 2 N–H and O–H groups in total. The van der Waals surface area contributed by atoms with E-state index in [1.165, 1.54) is 7.11 Å². The molecule has 0 unspecified atom stereocenters. The predicted octanol–water partition coefficient (Wildman–Crippen LogP) is 2.57. The van der Waals surface area contributed by atoms with Gasteiger partial charge < -0.3 is 15.3 Å². The Morgan fingerprint density at radius 3 is 2.35 bits per heavy atom. The molecule has 0 heterocycles. The second-order valence-electron chi connectivity index (χ2n) is 4.22. The molecular formula is C16H18N2O2. The minimum absolute atomic E-state index is 0.347. The van der Waals surface area contributed by atoms with Crippen molar-refractivity contribution >= 4 is 5.71 Å². The molecule has 0 aromatic heterocycles. The largest absolute Gasteiger partial charge is 0.487 e. The Bertz CT molecular complexity index is 550. The average molecular weight is 270 g/mol. The number of benzene rings is 2. The van der Waals surface area contributed by atoms with Crippen LogP contribution in [0.3, 0.4) is 0 Å². The molecular weight excluding hydrogens is 252 g/mol. The molecule has 2 aromatic rings. The predicted molar refractivity (Wildman–Crippen MR) is 79.8 cm³/mol. The molecule has 0 saturated carbocycles. The monoisotopic (exact) mass is 270 g/mol. The highest BCUT2D eigenvalue weighted by atomic mass is 16.6. The second-order valence-corrected chi connectivity index (χ2v) is 4.22. The van der Waals surface area contributed by atoms with E-state index in [1.54, 1.807) is 0 Å². The Morgan fingerprint density at radius 1 is 1.05 bits per heavy atom. The van der Waals surface area contributed by atoms with Crippen LogP contribution in [0.1, 0.15) is 11.1 Å². The fraction of sp³-hybridized carbons (Fsp3) is 0.188. The molecule has 4 heteroatoms. The van der Waals surface area contributed by atoms with E-state index in [9.17, 15) is 0 Å². The first kappa shape index (κ1) is 14.1. The molecule has 0 saturated heterocycles. The van der Waals surface area contributed by atoms with Gasteiger partial charge in [-0.1, -0.05) is 47.6 Å². The van der Waals surface area contributed by atoms with Crippen molar-refractivity contribution in [2.75, 3.05) is 13.7 Å². The lowest BCUT2D eigenvalue weighted by atomic mass is 10.1. The van der Waals surface area contributed by atoms with Crippen molar-refractivity contribution in [1.82, 2.24) is 0 Å². The number of oxime groups is 1. The molecule has 0 aliphatic rings. The zero-order chi connectivity index (χ0) is 14.2. The summed E-state index contributed by atoms with van der Waals surface area (Å²) in [5.74, 6) is 0.780. The lowest BCUT2D eigenvalue weighted by Crippen LogP contribution is -2.13. The Morgan fingerprint density at radius 2 is 1.75 bits per heavy atom. The lowest BCUT2D eigenvalue weighted by Gasteiger charge is -2.09. The highest BCUT2D eigenvalue weighted by Gasteiger charge is 2.05. The van der Waals surface area contributed by atoms with Crippen LogP contribution in [0, 0.1) is 0 Å². The SMILES string of the molecule is CO/N=C(/COc1ccc(CN)cc1)c1ccccc1. The highest BCUT2D eigenvalue weighted by Crippen LogP contribution is 2.13. The molecule has 0 amide bonds. The third kappa shape index (κ3) is 3.83. The van der Waals surface area contributed by atoms with Gasteiger partial charge in [-0.05, 0) is 17.7 Å². The minimum Gasteiger partial charge on any atom is -0.487 e. The number of nitrogens with zero attached hydrogens (tertiary/aromatic N) is 1. The smallest absolute Gasteiger partial charge is 0.134 e. The Kier molecular flexibility index (Phi) is 5.15. The normalized spacial score (nSPS) is 11.2. The molecule has 0 bridgehead atoms. The number of ether oxygens (including phenoxy) is 1. The van der Waals surface area contributed by atoms with Crippen LogP contribution in [0.4, 0.5) is 0 Å². The fourth-order valence-corrected chi connectivity index (χ4v) is 1.78. The van der Waals surface area contributed by atoms with Gasteiger partial charge in [0.15, 0.2) is 0 Å². The summed E-state index contributed by atoms with van der Waals surface area (Å²) >= 11 is 0. The van der Waals surface area contributed by atoms with Gasteiger partial charge in [-0.25, -0.2) is 0 Å². The van der Waals surface area contributed by atoms with E-state index in [1.807, 2.05) is 54.6 Å². The van der Waals surface area contributed by atoms with E-state index >= 15 is 0 Å². The van der Waals surface area contributed by atoms with E-state index in [0.717, 1.165) is 22.6 Å². The fourth-order valence-electron chi connectivity index (χ4n) is 1.78. The van der Waals surface area contributed by atoms with Gasteiger partial charge in [-0.2, -0.15) is 0 Å². The maximum Gasteiger partial charge on any atom is 0.134 e. The Hall–Kier alpha value is -2.33. The van der Waals surface area contributed by atoms with Crippen molar-refractivity contribution < 1.29 is 9.57 Å². The molecule has 0 aliphatic carbocycles. The van der Waals surface area contributed by atoms with Gasteiger partial charge in [0, 0.05) is 12.1 Å². The molecule has 2 rings (SSSR count). The summed E-state index contributed by atoms with van der Waals surface area (Å²) in [5.41, 5.74) is 8.36. The summed E-state index contributed by atoms with van der Waals surface area (Å²) in [6.07, 6.45) is 0. The van der Waals surface area contributed by atoms with E-state index in [2.05, 4.69) is 5.16 Å². The van der Waals surface area contributed by atoms with Gasteiger partial charge in [0.2, 0.25) is 0 Å². The first-order valence-corrected chi connectivity index (χ1v) is 6.40. The molecule has 4 nitrogen and oxygen atoms in total. The molecule has 0 aliphatic heterocycles. The summed E-state index contributed by atoms with van der Waals surface area (Å²) in [7, 11) is 1.53. The van der Waals surface area contributed by atoms with Gasteiger partial charge in [0.05, 0.1) is 0 Å². The summed E-state index contributed by atoms with van der Waals surface area (Å²) in [6.45, 7) is 0.875. The van der Waals surface area contributed by atoms with Crippen molar-refractivity contribution in [3.05, 3.63) is 65.7 Å². The van der Waals surface area contributed by atoms with Crippen molar-refractivity contribution in [3.63, 3.8) is 0 Å².